The van der Waals surface area contributed by atoms with Gasteiger partial charge in [0.15, 0.2) is 6.61 Å². The molecular formula is C15H22N2O2. The van der Waals surface area contributed by atoms with Crippen molar-refractivity contribution in [1.29, 1.82) is 0 Å². The number of nitrogens with zero attached hydrogens (tertiary/aromatic N) is 1. The summed E-state index contributed by atoms with van der Waals surface area (Å²) in [6.07, 6.45) is 2.01. The van der Waals surface area contributed by atoms with E-state index in [1.165, 1.54) is 5.56 Å². The Morgan fingerprint density at radius 3 is 2.53 bits per heavy atom. The lowest BCUT2D eigenvalue weighted by atomic mass is 9.97. The molecule has 1 aliphatic heterocycles. The number of benzene rings is 1. The van der Waals surface area contributed by atoms with Gasteiger partial charge in [-0.05, 0) is 44.4 Å². The lowest BCUT2D eigenvalue weighted by Crippen LogP contribution is -2.42. The number of hydrogen-bond donors (Lipinski definition) is 1. The van der Waals surface area contributed by atoms with Crippen molar-refractivity contribution in [2.75, 3.05) is 26.2 Å². The van der Waals surface area contributed by atoms with Crippen molar-refractivity contribution in [3.8, 4) is 5.75 Å². The molecule has 0 spiro atoms. The first-order valence-electron chi connectivity index (χ1n) is 6.86. The third kappa shape index (κ3) is 3.96. The third-order valence-electron chi connectivity index (χ3n) is 3.68. The maximum Gasteiger partial charge on any atom is 0.260 e. The van der Waals surface area contributed by atoms with E-state index in [1.54, 1.807) is 0 Å². The Morgan fingerprint density at radius 1 is 1.32 bits per heavy atom. The maximum atomic E-state index is 12.0. The van der Waals surface area contributed by atoms with Gasteiger partial charge in [-0.25, -0.2) is 0 Å². The molecule has 4 nitrogen and oxygen atoms in total. The lowest BCUT2D eigenvalue weighted by molar-refractivity contribution is -0.134. The van der Waals surface area contributed by atoms with Crippen molar-refractivity contribution in [1.82, 2.24) is 4.90 Å². The van der Waals surface area contributed by atoms with Crippen LogP contribution in [0.2, 0.25) is 0 Å². The fraction of sp³-hybridized carbons (Fsp3) is 0.533. The van der Waals surface area contributed by atoms with Crippen LogP contribution in [0.15, 0.2) is 24.3 Å². The topological polar surface area (TPSA) is 55.6 Å². The number of nitrogens with two attached hydrogens (primary N) is 1. The zero-order chi connectivity index (χ0) is 13.7. The highest BCUT2D eigenvalue weighted by Crippen LogP contribution is 2.16. The van der Waals surface area contributed by atoms with Crippen molar-refractivity contribution in [3.05, 3.63) is 29.8 Å². The summed E-state index contributed by atoms with van der Waals surface area (Å²) in [5.41, 5.74) is 6.83. The summed E-state index contributed by atoms with van der Waals surface area (Å²) in [4.78, 5) is 13.9. The van der Waals surface area contributed by atoms with Gasteiger partial charge in [0.2, 0.25) is 0 Å². The first kappa shape index (κ1) is 13.9. The number of carbonyl (C=O) groups excluding carboxylic acids is 1. The van der Waals surface area contributed by atoms with Crippen molar-refractivity contribution in [3.63, 3.8) is 0 Å². The fourth-order valence-electron chi connectivity index (χ4n) is 2.29. The van der Waals surface area contributed by atoms with E-state index >= 15 is 0 Å². The Labute approximate surface area is 114 Å². The normalized spacial score (nSPS) is 16.4. The van der Waals surface area contributed by atoms with Gasteiger partial charge in [0.1, 0.15) is 5.75 Å². The van der Waals surface area contributed by atoms with Crippen molar-refractivity contribution in [2.45, 2.75) is 19.8 Å². The molecule has 0 unspecified atom stereocenters. The first-order valence-corrected chi connectivity index (χ1v) is 6.86. The van der Waals surface area contributed by atoms with E-state index in [4.69, 9.17) is 10.5 Å². The second-order valence-corrected chi connectivity index (χ2v) is 5.16. The minimum Gasteiger partial charge on any atom is -0.484 e. The highest BCUT2D eigenvalue weighted by atomic mass is 16.5. The molecule has 1 aliphatic rings. The van der Waals surface area contributed by atoms with Gasteiger partial charge in [-0.3, -0.25) is 4.79 Å². The summed E-state index contributed by atoms with van der Waals surface area (Å²) in [5.74, 6) is 1.38. The second kappa shape index (κ2) is 6.57. The van der Waals surface area contributed by atoms with Crippen LogP contribution in [0.3, 0.4) is 0 Å². The molecule has 0 aliphatic carbocycles. The Morgan fingerprint density at radius 2 is 1.95 bits per heavy atom. The summed E-state index contributed by atoms with van der Waals surface area (Å²) < 4.78 is 5.51. The summed E-state index contributed by atoms with van der Waals surface area (Å²) in [6, 6.07) is 7.74. The van der Waals surface area contributed by atoms with Gasteiger partial charge in [0.25, 0.3) is 5.91 Å². The van der Waals surface area contributed by atoms with E-state index in [0.29, 0.717) is 5.92 Å². The Kier molecular flexibility index (Phi) is 4.80. The molecule has 0 bridgehead atoms. The van der Waals surface area contributed by atoms with Crippen molar-refractivity contribution < 1.29 is 9.53 Å². The average Bonchev–Trinajstić information content (AvgIpc) is 2.46. The molecule has 0 atom stereocenters. The average molecular weight is 262 g/mol. The molecule has 1 amide bonds. The highest BCUT2D eigenvalue weighted by Gasteiger charge is 2.21. The molecule has 0 saturated carbocycles. The van der Waals surface area contributed by atoms with Gasteiger partial charge >= 0.3 is 0 Å². The lowest BCUT2D eigenvalue weighted by Gasteiger charge is -2.31. The molecule has 2 rings (SSSR count). The predicted octanol–water partition coefficient (Wildman–Crippen LogP) is 1.57. The van der Waals surface area contributed by atoms with Crippen molar-refractivity contribution in [2.24, 2.45) is 11.7 Å². The van der Waals surface area contributed by atoms with E-state index in [2.05, 4.69) is 0 Å². The van der Waals surface area contributed by atoms with Gasteiger partial charge in [-0.15, -0.1) is 0 Å². The van der Waals surface area contributed by atoms with Gasteiger partial charge < -0.3 is 15.4 Å². The van der Waals surface area contributed by atoms with Gasteiger partial charge in [-0.2, -0.15) is 0 Å². The van der Waals surface area contributed by atoms with Gasteiger partial charge in [-0.1, -0.05) is 17.7 Å². The van der Waals surface area contributed by atoms with E-state index in [9.17, 15) is 4.79 Å². The third-order valence-corrected chi connectivity index (χ3v) is 3.68. The number of piperidine rings is 1. The van der Waals surface area contributed by atoms with Crippen LogP contribution >= 0.6 is 0 Å². The molecular weight excluding hydrogens is 240 g/mol. The summed E-state index contributed by atoms with van der Waals surface area (Å²) in [7, 11) is 0. The number of rotatable bonds is 4. The molecule has 1 aromatic carbocycles. The summed E-state index contributed by atoms with van der Waals surface area (Å²) in [6.45, 7) is 4.48. The smallest absolute Gasteiger partial charge is 0.260 e. The Balaban J connectivity index is 1.77. The highest BCUT2D eigenvalue weighted by molar-refractivity contribution is 5.77. The predicted molar refractivity (Wildman–Crippen MR) is 75.0 cm³/mol. The molecule has 104 valence electrons. The molecule has 2 N–H and O–H groups in total. The van der Waals surface area contributed by atoms with Crippen LogP contribution in [-0.2, 0) is 4.79 Å². The van der Waals surface area contributed by atoms with Crippen LogP contribution in [0.1, 0.15) is 18.4 Å². The zero-order valence-electron chi connectivity index (χ0n) is 11.5. The molecule has 1 aromatic rings. The molecule has 1 saturated heterocycles. The molecule has 19 heavy (non-hydrogen) atoms. The zero-order valence-corrected chi connectivity index (χ0v) is 11.5. The van der Waals surface area contributed by atoms with Crippen LogP contribution in [0.5, 0.6) is 5.75 Å². The molecule has 4 heteroatoms. The minimum absolute atomic E-state index is 0.0658. The van der Waals surface area contributed by atoms with Crippen LogP contribution in [-0.4, -0.2) is 37.0 Å². The first-order chi connectivity index (χ1) is 9.19. The summed E-state index contributed by atoms with van der Waals surface area (Å²) in [5, 5.41) is 0. The maximum absolute atomic E-state index is 12.0. The molecule has 0 aromatic heterocycles. The van der Waals surface area contributed by atoms with Crippen LogP contribution in [0, 0.1) is 12.8 Å². The van der Waals surface area contributed by atoms with Gasteiger partial charge in [0.05, 0.1) is 0 Å². The monoisotopic (exact) mass is 262 g/mol. The van der Waals surface area contributed by atoms with Crippen LogP contribution in [0.4, 0.5) is 0 Å². The largest absolute Gasteiger partial charge is 0.484 e. The van der Waals surface area contributed by atoms with E-state index in [0.717, 1.165) is 38.2 Å². The fourth-order valence-corrected chi connectivity index (χ4v) is 2.29. The second-order valence-electron chi connectivity index (χ2n) is 5.16. The standard InChI is InChI=1S/C15H22N2O2/c1-12-2-4-14(5-3-12)19-11-15(18)17-8-6-13(10-16)7-9-17/h2-5,13H,6-11,16H2,1H3. The van der Waals surface area contributed by atoms with Crippen LogP contribution < -0.4 is 10.5 Å². The number of carbonyl (C=O) groups is 1. The molecule has 1 fully saturated rings. The Hall–Kier alpha value is -1.55. The Bertz CT molecular complexity index is 409. The van der Waals surface area contributed by atoms with Crippen LogP contribution in [0.25, 0.3) is 0 Å². The van der Waals surface area contributed by atoms with Crippen molar-refractivity contribution >= 4 is 5.91 Å². The number of hydrogen-bond acceptors (Lipinski definition) is 3. The van der Waals surface area contributed by atoms with E-state index < -0.39 is 0 Å². The number of likely N-dealkylation sites (tertiary alicyclic amines) is 1. The summed E-state index contributed by atoms with van der Waals surface area (Å²) >= 11 is 0. The number of aryl methyl sites for hydroxylation is 1. The van der Waals surface area contributed by atoms with Gasteiger partial charge in [0, 0.05) is 13.1 Å². The minimum atomic E-state index is 0.0658. The SMILES string of the molecule is Cc1ccc(OCC(=O)N2CCC(CN)CC2)cc1. The molecule has 1 heterocycles. The quantitative estimate of drug-likeness (QED) is 0.896. The number of amides is 1. The number of ether oxygens (including phenoxy) is 1. The van der Waals surface area contributed by atoms with E-state index in [1.807, 2.05) is 36.1 Å². The van der Waals surface area contributed by atoms with E-state index in [-0.39, 0.29) is 12.5 Å². The molecule has 0 radical (unpaired) electrons.